The molecule has 184 valence electrons. The van der Waals surface area contributed by atoms with Crippen molar-refractivity contribution in [3.63, 3.8) is 0 Å². The first kappa shape index (κ1) is 29.7. The van der Waals surface area contributed by atoms with E-state index in [1.165, 1.54) is 6.92 Å². The molecule has 0 aliphatic carbocycles. The van der Waals surface area contributed by atoms with Gasteiger partial charge in [0.05, 0.1) is 59.5 Å². The topological polar surface area (TPSA) is 178 Å². The predicted molar refractivity (Wildman–Crippen MR) is 112 cm³/mol. The van der Waals surface area contributed by atoms with E-state index in [9.17, 15) is 14.7 Å². The number of Topliss-reactive ketones (excluding diaryl/α,β-unsaturated/α-hetero) is 1. The zero-order valence-electron chi connectivity index (χ0n) is 18.4. The van der Waals surface area contributed by atoms with Crippen molar-refractivity contribution in [1.82, 2.24) is 10.6 Å². The van der Waals surface area contributed by atoms with Gasteiger partial charge in [-0.15, -0.1) is 0 Å². The number of aliphatic hydroxyl groups is 5. The van der Waals surface area contributed by atoms with Gasteiger partial charge in [-0.05, 0) is 19.8 Å². The fourth-order valence-electron chi connectivity index (χ4n) is 2.58. The number of ketones is 1. The molecule has 31 heavy (non-hydrogen) atoms. The molecule has 0 aliphatic heterocycles. The normalized spacial score (nSPS) is 11.9. The smallest absolute Gasteiger partial charge is 0.315 e. The van der Waals surface area contributed by atoms with Gasteiger partial charge >= 0.3 is 6.03 Å². The van der Waals surface area contributed by atoms with Crippen LogP contribution in [0.4, 0.5) is 4.79 Å². The van der Waals surface area contributed by atoms with Crippen LogP contribution in [0, 0.1) is 11.8 Å². The minimum absolute atomic E-state index is 0.0180. The van der Waals surface area contributed by atoms with E-state index >= 15 is 0 Å². The summed E-state index contributed by atoms with van der Waals surface area (Å²) in [6, 6.07) is -0.533. The zero-order chi connectivity index (χ0) is 23.5. The lowest BCUT2D eigenvalue weighted by molar-refractivity contribution is -0.117. The summed E-state index contributed by atoms with van der Waals surface area (Å²) in [5, 5.41) is 51.9. The van der Waals surface area contributed by atoms with Crippen LogP contribution in [-0.4, -0.2) is 109 Å². The number of hydrogen-bond acceptors (Lipinski definition) is 9. The number of unbranched alkanes of at least 4 members (excludes halogenated alkanes) is 2. The lowest BCUT2D eigenvalue weighted by Gasteiger charge is -2.33. The highest BCUT2D eigenvalue weighted by Gasteiger charge is 2.33. The molecule has 0 unspecified atom stereocenters. The number of carbonyl (C=O) groups is 2. The summed E-state index contributed by atoms with van der Waals surface area (Å²) in [5.41, 5.74) is -1.30. The SMILES string of the molecule is CC(=O)CCCCCNC(=O)NC(CO)(COCC(CO)CO)COCC(CO)CO. The lowest BCUT2D eigenvalue weighted by atomic mass is 10.0. The lowest BCUT2D eigenvalue weighted by Crippen LogP contribution is -2.60. The molecule has 0 aliphatic rings. The minimum Gasteiger partial charge on any atom is -0.396 e. The molecule has 11 nitrogen and oxygen atoms in total. The summed E-state index contributed by atoms with van der Waals surface area (Å²) in [6.45, 7) is 0.0779. The number of aliphatic hydroxyl groups excluding tert-OH is 5. The molecule has 2 amide bonds. The van der Waals surface area contributed by atoms with E-state index in [-0.39, 0.29) is 58.6 Å². The Labute approximate surface area is 183 Å². The van der Waals surface area contributed by atoms with Crippen LogP contribution in [0.25, 0.3) is 0 Å². The van der Waals surface area contributed by atoms with Gasteiger partial charge in [0.25, 0.3) is 0 Å². The molecule has 0 radical (unpaired) electrons. The molecule has 0 bridgehead atoms. The molecule has 0 aromatic heterocycles. The Morgan fingerprint density at radius 3 is 1.77 bits per heavy atom. The fourth-order valence-corrected chi connectivity index (χ4v) is 2.58. The Morgan fingerprint density at radius 1 is 0.839 bits per heavy atom. The van der Waals surface area contributed by atoms with Crippen LogP contribution in [-0.2, 0) is 14.3 Å². The maximum atomic E-state index is 12.3. The summed E-state index contributed by atoms with van der Waals surface area (Å²) in [7, 11) is 0. The van der Waals surface area contributed by atoms with E-state index in [1.807, 2.05) is 0 Å². The maximum absolute atomic E-state index is 12.3. The van der Waals surface area contributed by atoms with Crippen molar-refractivity contribution >= 4 is 11.8 Å². The van der Waals surface area contributed by atoms with Gasteiger partial charge in [-0.2, -0.15) is 0 Å². The molecule has 11 heteroatoms. The number of rotatable bonds is 20. The molecule has 0 rings (SSSR count). The van der Waals surface area contributed by atoms with Crippen LogP contribution in [0.15, 0.2) is 0 Å². The highest BCUT2D eigenvalue weighted by molar-refractivity contribution is 5.75. The number of ether oxygens (including phenoxy) is 2. The Morgan fingerprint density at radius 2 is 1.35 bits per heavy atom. The average Bonchev–Trinajstić information content (AvgIpc) is 2.76. The van der Waals surface area contributed by atoms with Crippen molar-refractivity contribution in [2.24, 2.45) is 11.8 Å². The van der Waals surface area contributed by atoms with E-state index in [2.05, 4.69) is 10.6 Å². The molecule has 7 N–H and O–H groups in total. The van der Waals surface area contributed by atoms with Gasteiger partial charge in [-0.25, -0.2) is 4.79 Å². The molecule has 0 atom stereocenters. The van der Waals surface area contributed by atoms with Gasteiger partial charge in [-0.1, -0.05) is 6.42 Å². The van der Waals surface area contributed by atoms with Crippen molar-refractivity contribution in [2.45, 2.75) is 38.1 Å². The second kappa shape index (κ2) is 18.3. The van der Waals surface area contributed by atoms with Gasteiger partial charge in [-0.3, -0.25) is 0 Å². The number of carbonyl (C=O) groups excluding carboxylic acids is 2. The first-order valence-electron chi connectivity index (χ1n) is 10.6. The second-order valence-electron chi connectivity index (χ2n) is 7.82. The number of urea groups is 1. The third kappa shape index (κ3) is 14.4. The Kier molecular flexibility index (Phi) is 17.5. The van der Waals surface area contributed by atoms with Gasteiger partial charge < -0.3 is 50.4 Å². The summed E-state index contributed by atoms with van der Waals surface area (Å²) in [4.78, 5) is 23.2. The highest BCUT2D eigenvalue weighted by atomic mass is 16.5. The second-order valence-corrected chi connectivity index (χ2v) is 7.82. The molecular formula is C20H40N2O9. The van der Waals surface area contributed by atoms with Crippen molar-refractivity contribution in [3.8, 4) is 0 Å². The van der Waals surface area contributed by atoms with Gasteiger partial charge in [0, 0.05) is 24.8 Å². The van der Waals surface area contributed by atoms with Crippen LogP contribution in [0.5, 0.6) is 0 Å². The van der Waals surface area contributed by atoms with E-state index in [4.69, 9.17) is 29.9 Å². The summed E-state index contributed by atoms with van der Waals surface area (Å²) in [5.74, 6) is -0.851. The number of hydrogen-bond donors (Lipinski definition) is 7. The van der Waals surface area contributed by atoms with Crippen molar-refractivity contribution < 1.29 is 44.6 Å². The first-order valence-corrected chi connectivity index (χ1v) is 10.6. The molecule has 0 aromatic rings. The third-order valence-corrected chi connectivity index (χ3v) is 4.67. The molecule has 0 saturated heterocycles. The van der Waals surface area contributed by atoms with Gasteiger partial charge in [0.2, 0.25) is 0 Å². The van der Waals surface area contributed by atoms with E-state index in [1.54, 1.807) is 0 Å². The standard InChI is InChI=1S/C20H40N2O9/c1-16(28)5-3-2-4-6-21-19(29)22-20(13-27,14-30-11-17(7-23)8-24)15-31-12-18(9-25)10-26/h17-18,23-27H,2-15H2,1H3,(H2,21,22,29). The molecular weight excluding hydrogens is 412 g/mol. The number of amides is 2. The first-order chi connectivity index (χ1) is 14.9. The predicted octanol–water partition coefficient (Wildman–Crippen LogP) is -1.60. The van der Waals surface area contributed by atoms with E-state index in [0.29, 0.717) is 19.4 Å². The monoisotopic (exact) mass is 452 g/mol. The Hall–Kier alpha value is -1.34. The zero-order valence-corrected chi connectivity index (χ0v) is 18.4. The van der Waals surface area contributed by atoms with Crippen LogP contribution >= 0.6 is 0 Å². The molecule has 0 fully saturated rings. The van der Waals surface area contributed by atoms with Crippen molar-refractivity contribution in [3.05, 3.63) is 0 Å². The number of nitrogens with one attached hydrogen (secondary N) is 2. The van der Waals surface area contributed by atoms with E-state index in [0.717, 1.165) is 12.8 Å². The average molecular weight is 453 g/mol. The fraction of sp³-hybridized carbons (Fsp3) is 0.900. The Balaban J connectivity index is 4.73. The van der Waals surface area contributed by atoms with Crippen molar-refractivity contribution in [1.29, 1.82) is 0 Å². The molecule has 0 spiro atoms. The van der Waals surface area contributed by atoms with Crippen LogP contribution in [0.1, 0.15) is 32.6 Å². The van der Waals surface area contributed by atoms with Crippen molar-refractivity contribution in [2.75, 3.05) is 66.0 Å². The molecule has 0 heterocycles. The minimum atomic E-state index is -1.30. The summed E-state index contributed by atoms with van der Waals surface area (Å²) in [6.07, 6.45) is 2.77. The maximum Gasteiger partial charge on any atom is 0.315 e. The molecule has 0 saturated carbocycles. The molecule has 0 aromatic carbocycles. The highest BCUT2D eigenvalue weighted by Crippen LogP contribution is 2.10. The van der Waals surface area contributed by atoms with E-state index < -0.39 is 30.0 Å². The van der Waals surface area contributed by atoms with Crippen LogP contribution in [0.3, 0.4) is 0 Å². The van der Waals surface area contributed by atoms with Gasteiger partial charge in [0.1, 0.15) is 11.3 Å². The van der Waals surface area contributed by atoms with Gasteiger partial charge in [0.15, 0.2) is 0 Å². The van der Waals surface area contributed by atoms with Crippen LogP contribution < -0.4 is 10.6 Å². The third-order valence-electron chi connectivity index (χ3n) is 4.67. The summed E-state index contributed by atoms with van der Waals surface area (Å²) < 4.78 is 11.0. The summed E-state index contributed by atoms with van der Waals surface area (Å²) >= 11 is 0. The largest absolute Gasteiger partial charge is 0.396 e. The Bertz CT molecular complexity index is 454. The van der Waals surface area contributed by atoms with Crippen LogP contribution in [0.2, 0.25) is 0 Å². The quantitative estimate of drug-likeness (QED) is 0.107.